The van der Waals surface area contributed by atoms with Crippen molar-refractivity contribution in [1.29, 1.82) is 0 Å². The lowest BCUT2D eigenvalue weighted by molar-refractivity contribution is -0.0504. The molecule has 7 rings (SSSR count). The fraction of sp³-hybridized carbons (Fsp3) is 0.459. The van der Waals surface area contributed by atoms with E-state index in [1.54, 1.807) is 18.5 Å². The number of carbonyl (C=O) groups excluding carboxylic acids is 1. The highest BCUT2D eigenvalue weighted by Crippen LogP contribution is 2.50. The molecule has 2 aliphatic carbocycles. The summed E-state index contributed by atoms with van der Waals surface area (Å²) in [5.74, 6) is 4.29. The number of rotatable bonds is 1. The van der Waals surface area contributed by atoms with E-state index in [1.165, 1.54) is 17.5 Å². The molecule has 1 saturated carbocycles. The summed E-state index contributed by atoms with van der Waals surface area (Å²) in [4.78, 5) is 24.5. The Bertz CT molecular complexity index is 1820. The number of hydrogen-bond acceptors (Lipinski definition) is 7. The molecule has 2 aromatic carbocycles. The Labute approximate surface area is 282 Å². The van der Waals surface area contributed by atoms with E-state index >= 15 is 0 Å². The lowest BCUT2D eigenvalue weighted by Crippen LogP contribution is -2.51. The Balaban J connectivity index is 1.35. The van der Waals surface area contributed by atoms with Crippen LogP contribution in [0.4, 0.5) is 5.69 Å². The minimum Gasteiger partial charge on any atom is -0.490 e. The van der Waals surface area contributed by atoms with Crippen molar-refractivity contribution in [2.24, 2.45) is 17.8 Å². The number of aromatic nitrogens is 2. The van der Waals surface area contributed by atoms with Gasteiger partial charge in [-0.05, 0) is 105 Å². The van der Waals surface area contributed by atoms with Gasteiger partial charge in [0.05, 0.1) is 22.0 Å². The molecule has 1 aromatic heterocycles. The van der Waals surface area contributed by atoms with Gasteiger partial charge in [-0.15, -0.1) is 0 Å². The van der Waals surface area contributed by atoms with Crippen molar-refractivity contribution >= 4 is 38.8 Å². The summed E-state index contributed by atoms with van der Waals surface area (Å²) in [5.41, 5.74) is 2.86. The zero-order valence-electron chi connectivity index (χ0n) is 27.0. The molecule has 4 aliphatic rings. The quantitative estimate of drug-likeness (QED) is 0.246. The van der Waals surface area contributed by atoms with E-state index in [2.05, 4.69) is 37.6 Å². The highest BCUT2D eigenvalue weighted by atomic mass is 35.5. The number of hydrogen-bond donors (Lipinski definition) is 2. The SMILES string of the molecule is C=S1(=O)NC(=O)c2ccc3c(c2)N(C[C@@H]2CC[C@H]2[C@](O)(c2cncnc2)/C=C/C[C@H](C)[C@H]1C)C[C@@]1(CCCc2cc(Cl)ccc21)CO3. The Morgan fingerprint density at radius 3 is 2.72 bits per heavy atom. The third-order valence-corrected chi connectivity index (χ3v) is 13.7. The summed E-state index contributed by atoms with van der Waals surface area (Å²) in [6.45, 7) is 5.71. The minimum atomic E-state index is -3.00. The Kier molecular flexibility index (Phi) is 8.38. The molecule has 0 radical (unpaired) electrons. The monoisotopic (exact) mass is 674 g/mol. The summed E-state index contributed by atoms with van der Waals surface area (Å²) >= 11 is 6.45. The van der Waals surface area contributed by atoms with Crippen molar-refractivity contribution in [3.05, 3.63) is 94.5 Å². The van der Waals surface area contributed by atoms with Gasteiger partial charge in [0.25, 0.3) is 5.91 Å². The van der Waals surface area contributed by atoms with Crippen molar-refractivity contribution < 1.29 is 18.8 Å². The normalized spacial score (nSPS) is 34.6. The molecule has 2 bridgehead atoms. The summed E-state index contributed by atoms with van der Waals surface area (Å²) < 4.78 is 23.3. The van der Waals surface area contributed by atoms with Gasteiger partial charge in [-0.1, -0.05) is 36.7 Å². The van der Waals surface area contributed by atoms with Gasteiger partial charge < -0.3 is 14.7 Å². The first-order chi connectivity index (χ1) is 22.5. The van der Waals surface area contributed by atoms with Gasteiger partial charge in [0.1, 0.15) is 17.7 Å². The van der Waals surface area contributed by atoms with Gasteiger partial charge in [-0.3, -0.25) is 9.52 Å². The first-order valence-corrected chi connectivity index (χ1v) is 18.8. The molecule has 2 N–H and O–H groups in total. The van der Waals surface area contributed by atoms with Crippen LogP contribution in [0, 0.1) is 17.8 Å². The number of nitrogens with zero attached hydrogens (tertiary/aromatic N) is 3. The number of amides is 1. The van der Waals surface area contributed by atoms with Crippen LogP contribution in [-0.2, 0) is 27.1 Å². The van der Waals surface area contributed by atoms with Gasteiger partial charge in [0.2, 0.25) is 0 Å². The Morgan fingerprint density at radius 2 is 1.96 bits per heavy atom. The Hall–Kier alpha value is -3.40. The maximum atomic E-state index is 13.8. The van der Waals surface area contributed by atoms with E-state index in [4.69, 9.17) is 16.3 Å². The molecule has 10 heteroatoms. The van der Waals surface area contributed by atoms with Crippen LogP contribution < -0.4 is 14.4 Å². The molecule has 1 fully saturated rings. The van der Waals surface area contributed by atoms with Gasteiger partial charge in [-0.2, -0.15) is 0 Å². The second-order valence-electron chi connectivity index (χ2n) is 14.2. The van der Waals surface area contributed by atoms with Crippen LogP contribution >= 0.6 is 11.6 Å². The van der Waals surface area contributed by atoms with Gasteiger partial charge in [-0.25, -0.2) is 14.2 Å². The van der Waals surface area contributed by atoms with E-state index < -0.39 is 26.5 Å². The van der Waals surface area contributed by atoms with Crippen molar-refractivity contribution in [3.8, 4) is 5.75 Å². The standard InChI is InChI=1S/C37H43ClN4O4S/c1-24-6-4-15-37(44,29-18-39-23-40-19-29)32-11-8-28(32)20-42-21-36(14-5-7-26-16-30(38)10-12-31(26)36)22-46-34-13-9-27(17-33(34)42)35(43)41-47(3,45)25(24)2/h4,9-10,12-13,15-19,23-25,28,32,44H,3,5-8,11,14,20-22H2,1-2H3,(H,41,43,45)/b15-4+/t24-,25+,28-,32+,36-,37+,47?/m0/s1. The lowest BCUT2D eigenvalue weighted by Gasteiger charge is -2.49. The van der Waals surface area contributed by atoms with Crippen molar-refractivity contribution in [2.45, 2.75) is 68.6 Å². The zero-order valence-corrected chi connectivity index (χ0v) is 28.6. The van der Waals surface area contributed by atoms with Crippen LogP contribution in [0.3, 0.4) is 0 Å². The van der Waals surface area contributed by atoms with Crippen LogP contribution in [-0.4, -0.2) is 56.0 Å². The van der Waals surface area contributed by atoms with E-state index in [1.807, 2.05) is 44.2 Å². The molecular formula is C37H43ClN4O4S. The molecule has 3 aromatic rings. The predicted molar refractivity (Wildman–Crippen MR) is 187 cm³/mol. The lowest BCUT2D eigenvalue weighted by atomic mass is 9.62. The molecule has 1 amide bonds. The highest BCUT2D eigenvalue weighted by molar-refractivity contribution is 7.99. The maximum absolute atomic E-state index is 13.8. The molecule has 1 unspecified atom stereocenters. The molecule has 47 heavy (non-hydrogen) atoms. The van der Waals surface area contributed by atoms with E-state index in [-0.39, 0.29) is 23.2 Å². The largest absolute Gasteiger partial charge is 0.490 e. The highest BCUT2D eigenvalue weighted by Gasteiger charge is 2.49. The van der Waals surface area contributed by atoms with Gasteiger partial charge in [0, 0.05) is 58.2 Å². The Morgan fingerprint density at radius 1 is 1.15 bits per heavy atom. The first-order valence-electron chi connectivity index (χ1n) is 16.6. The summed E-state index contributed by atoms with van der Waals surface area (Å²) in [6, 6.07) is 11.7. The van der Waals surface area contributed by atoms with Crippen LogP contribution in [0.2, 0.25) is 5.02 Å². The molecule has 0 saturated heterocycles. The maximum Gasteiger partial charge on any atom is 0.262 e. The van der Waals surface area contributed by atoms with Crippen molar-refractivity contribution in [2.75, 3.05) is 24.6 Å². The second-order valence-corrected chi connectivity index (χ2v) is 17.0. The molecule has 7 atom stereocenters. The van der Waals surface area contributed by atoms with Gasteiger partial charge in [0.15, 0.2) is 0 Å². The fourth-order valence-electron chi connectivity index (χ4n) is 8.18. The van der Waals surface area contributed by atoms with Crippen LogP contribution in [0.15, 0.2) is 67.3 Å². The number of benzene rings is 2. The molecule has 248 valence electrons. The summed E-state index contributed by atoms with van der Waals surface area (Å²) in [5, 5.41) is 12.8. The number of nitrogens with one attached hydrogen (secondary N) is 1. The van der Waals surface area contributed by atoms with Crippen LogP contribution in [0.1, 0.15) is 73.0 Å². The molecule has 1 spiro atoms. The average Bonchev–Trinajstić information content (AvgIpc) is 3.19. The number of aryl methyl sites for hydroxylation is 1. The fourth-order valence-corrected chi connectivity index (χ4v) is 9.86. The number of carbonyl (C=O) groups is 1. The van der Waals surface area contributed by atoms with E-state index in [0.29, 0.717) is 43.0 Å². The van der Waals surface area contributed by atoms with E-state index in [9.17, 15) is 14.1 Å². The first kappa shape index (κ1) is 32.2. The van der Waals surface area contributed by atoms with Crippen LogP contribution in [0.5, 0.6) is 5.75 Å². The third kappa shape index (κ3) is 5.85. The number of aliphatic hydroxyl groups is 1. The molecular weight excluding hydrogens is 632 g/mol. The minimum absolute atomic E-state index is 0.0710. The van der Waals surface area contributed by atoms with Gasteiger partial charge >= 0.3 is 0 Å². The number of anilines is 1. The molecule has 8 nitrogen and oxygen atoms in total. The number of ether oxygens (including phenoxy) is 1. The number of allylic oxidation sites excluding steroid dienone is 1. The number of halogens is 1. The molecule has 2 aliphatic heterocycles. The zero-order chi connectivity index (χ0) is 33.0. The van der Waals surface area contributed by atoms with Crippen molar-refractivity contribution in [1.82, 2.24) is 14.7 Å². The average molecular weight is 675 g/mol. The summed E-state index contributed by atoms with van der Waals surface area (Å²) in [7, 11) is -3.00. The summed E-state index contributed by atoms with van der Waals surface area (Å²) in [6.07, 6.45) is 14.1. The smallest absolute Gasteiger partial charge is 0.262 e. The van der Waals surface area contributed by atoms with Crippen LogP contribution in [0.25, 0.3) is 0 Å². The topological polar surface area (TPSA) is 105 Å². The molecule has 3 heterocycles. The van der Waals surface area contributed by atoms with Crippen molar-refractivity contribution in [3.63, 3.8) is 0 Å². The predicted octanol–water partition coefficient (Wildman–Crippen LogP) is 5.86. The number of fused-ring (bicyclic) bond motifs is 4. The van der Waals surface area contributed by atoms with E-state index in [0.717, 1.165) is 42.8 Å². The third-order valence-electron chi connectivity index (χ3n) is 11.3. The second kappa shape index (κ2) is 12.2.